The minimum absolute atomic E-state index is 0.313. The van der Waals surface area contributed by atoms with Gasteiger partial charge in [-0.05, 0) is 44.7 Å². The highest BCUT2D eigenvalue weighted by atomic mass is 16.6. The minimum Gasteiger partial charge on any atom is -0.468 e. The molecule has 0 aromatic heterocycles. The van der Waals surface area contributed by atoms with Gasteiger partial charge in [0.1, 0.15) is 24.7 Å². The minimum atomic E-state index is -0.972. The maximum atomic E-state index is 13.2. The number of amides is 3. The summed E-state index contributed by atoms with van der Waals surface area (Å²) >= 11 is 0. The second kappa shape index (κ2) is 14.2. The molecule has 0 heterocycles. The van der Waals surface area contributed by atoms with Crippen LogP contribution in [-0.4, -0.2) is 61.1 Å². The standard InChI is InChI=1S/C25H39N3O6/c1-7-9-10-15-28(20(29)16-27-24(32)34-25(3,4)5)22(23(31)26-17-21(30)33-6)19-13-11-18(8-2)12-14-19/h11-14,22H,7-10,15-17H2,1-6H3,(H,26,31)(H,27,32). The maximum Gasteiger partial charge on any atom is 0.408 e. The second-order valence-corrected chi connectivity index (χ2v) is 8.94. The number of nitrogens with one attached hydrogen (secondary N) is 2. The predicted octanol–water partition coefficient (Wildman–Crippen LogP) is 3.12. The first-order chi connectivity index (χ1) is 16.0. The van der Waals surface area contributed by atoms with Gasteiger partial charge in [-0.2, -0.15) is 0 Å². The maximum absolute atomic E-state index is 13.2. The largest absolute Gasteiger partial charge is 0.468 e. The molecule has 0 spiro atoms. The van der Waals surface area contributed by atoms with Crippen molar-refractivity contribution in [2.45, 2.75) is 71.9 Å². The number of rotatable bonds is 12. The lowest BCUT2D eigenvalue weighted by Crippen LogP contribution is -2.48. The van der Waals surface area contributed by atoms with Crippen molar-refractivity contribution >= 4 is 23.9 Å². The van der Waals surface area contributed by atoms with Crippen LogP contribution in [0.1, 0.15) is 71.0 Å². The zero-order chi connectivity index (χ0) is 25.7. The van der Waals surface area contributed by atoms with E-state index >= 15 is 0 Å². The van der Waals surface area contributed by atoms with Crippen molar-refractivity contribution in [3.63, 3.8) is 0 Å². The molecular formula is C25H39N3O6. The SMILES string of the molecule is CCCCCN(C(=O)CNC(=O)OC(C)(C)C)C(C(=O)NCC(=O)OC)c1ccc(CC)cc1. The highest BCUT2D eigenvalue weighted by molar-refractivity contribution is 5.91. The molecule has 0 fully saturated rings. The van der Waals surface area contributed by atoms with Crippen LogP contribution in [0.5, 0.6) is 0 Å². The third-order valence-corrected chi connectivity index (χ3v) is 5.00. The third kappa shape index (κ3) is 10.2. The van der Waals surface area contributed by atoms with Gasteiger partial charge in [0.15, 0.2) is 0 Å². The van der Waals surface area contributed by atoms with Gasteiger partial charge in [0, 0.05) is 6.54 Å². The van der Waals surface area contributed by atoms with Crippen molar-refractivity contribution in [1.29, 1.82) is 0 Å². The fourth-order valence-electron chi connectivity index (χ4n) is 3.23. The quantitative estimate of drug-likeness (QED) is 0.353. The summed E-state index contributed by atoms with van der Waals surface area (Å²) < 4.78 is 9.82. The summed E-state index contributed by atoms with van der Waals surface area (Å²) in [6.45, 7) is 8.93. The van der Waals surface area contributed by atoms with Crippen LogP contribution in [0.3, 0.4) is 0 Å². The van der Waals surface area contributed by atoms with Gasteiger partial charge in [-0.15, -0.1) is 0 Å². The molecule has 190 valence electrons. The van der Waals surface area contributed by atoms with Gasteiger partial charge < -0.3 is 25.0 Å². The molecule has 3 amide bonds. The third-order valence-electron chi connectivity index (χ3n) is 5.00. The molecule has 9 heteroatoms. The van der Waals surface area contributed by atoms with Crippen molar-refractivity contribution in [3.8, 4) is 0 Å². The summed E-state index contributed by atoms with van der Waals surface area (Å²) in [6.07, 6.45) is 2.60. The van der Waals surface area contributed by atoms with E-state index in [1.54, 1.807) is 20.8 Å². The monoisotopic (exact) mass is 477 g/mol. The molecule has 34 heavy (non-hydrogen) atoms. The van der Waals surface area contributed by atoms with Gasteiger partial charge in [-0.3, -0.25) is 14.4 Å². The van der Waals surface area contributed by atoms with Gasteiger partial charge in [0.25, 0.3) is 0 Å². The van der Waals surface area contributed by atoms with Crippen molar-refractivity contribution in [2.24, 2.45) is 0 Å². The smallest absolute Gasteiger partial charge is 0.408 e. The Kier molecular flexibility index (Phi) is 12.1. The van der Waals surface area contributed by atoms with E-state index in [0.717, 1.165) is 24.8 Å². The normalized spacial score (nSPS) is 11.8. The molecule has 0 bridgehead atoms. The molecule has 0 saturated carbocycles. The van der Waals surface area contributed by atoms with Crippen LogP contribution in [0.2, 0.25) is 0 Å². The van der Waals surface area contributed by atoms with Crippen LogP contribution in [0.15, 0.2) is 24.3 Å². The van der Waals surface area contributed by atoms with Gasteiger partial charge in [-0.1, -0.05) is 51.0 Å². The highest BCUT2D eigenvalue weighted by Crippen LogP contribution is 2.23. The molecule has 1 aromatic carbocycles. The van der Waals surface area contributed by atoms with E-state index in [-0.39, 0.29) is 13.1 Å². The number of ether oxygens (including phenoxy) is 2. The van der Waals surface area contributed by atoms with Gasteiger partial charge in [0.2, 0.25) is 11.8 Å². The number of benzene rings is 1. The molecule has 0 radical (unpaired) electrons. The number of carbonyl (C=O) groups is 4. The molecule has 0 aliphatic heterocycles. The number of methoxy groups -OCH3 is 1. The Morgan fingerprint density at radius 1 is 0.971 bits per heavy atom. The number of hydrogen-bond donors (Lipinski definition) is 2. The Morgan fingerprint density at radius 3 is 2.15 bits per heavy atom. The second-order valence-electron chi connectivity index (χ2n) is 8.94. The number of aryl methyl sites for hydroxylation is 1. The van der Waals surface area contributed by atoms with Crippen LogP contribution in [-0.2, 0) is 30.3 Å². The fourth-order valence-corrected chi connectivity index (χ4v) is 3.23. The summed E-state index contributed by atoms with van der Waals surface area (Å²) in [6, 6.07) is 6.46. The van der Waals surface area contributed by atoms with E-state index in [2.05, 4.69) is 15.4 Å². The fraction of sp³-hybridized carbons (Fsp3) is 0.600. The Labute approximate surface area is 202 Å². The van der Waals surface area contributed by atoms with E-state index in [1.807, 2.05) is 38.1 Å². The number of unbranched alkanes of at least 4 members (excludes halogenated alkanes) is 2. The lowest BCUT2D eigenvalue weighted by Gasteiger charge is -2.32. The topological polar surface area (TPSA) is 114 Å². The molecular weight excluding hydrogens is 438 g/mol. The summed E-state index contributed by atoms with van der Waals surface area (Å²) in [5.74, 6) is -1.53. The summed E-state index contributed by atoms with van der Waals surface area (Å²) in [5.41, 5.74) is 1.00. The van der Waals surface area contributed by atoms with Crippen LogP contribution in [0.4, 0.5) is 4.79 Å². The molecule has 2 N–H and O–H groups in total. The number of hydrogen-bond acceptors (Lipinski definition) is 6. The van der Waals surface area contributed by atoms with E-state index in [4.69, 9.17) is 4.74 Å². The number of carbonyl (C=O) groups excluding carboxylic acids is 4. The molecule has 1 rings (SSSR count). The van der Waals surface area contributed by atoms with E-state index in [9.17, 15) is 19.2 Å². The lowest BCUT2D eigenvalue weighted by atomic mass is 10.0. The summed E-state index contributed by atoms with van der Waals surface area (Å²) in [4.78, 5) is 51.5. The molecule has 1 unspecified atom stereocenters. The van der Waals surface area contributed by atoms with Gasteiger partial charge in [-0.25, -0.2) is 4.79 Å². The first-order valence-electron chi connectivity index (χ1n) is 11.7. The zero-order valence-corrected chi connectivity index (χ0v) is 21.2. The van der Waals surface area contributed by atoms with Crippen molar-refractivity contribution in [1.82, 2.24) is 15.5 Å². The number of alkyl carbamates (subject to hydrolysis) is 1. The van der Waals surface area contributed by atoms with Crippen molar-refractivity contribution in [2.75, 3.05) is 26.7 Å². The molecule has 0 aliphatic rings. The molecule has 0 aliphatic carbocycles. The van der Waals surface area contributed by atoms with Crippen LogP contribution in [0.25, 0.3) is 0 Å². The molecule has 0 saturated heterocycles. The Morgan fingerprint density at radius 2 is 1.62 bits per heavy atom. The first-order valence-corrected chi connectivity index (χ1v) is 11.7. The number of nitrogens with zero attached hydrogens (tertiary/aromatic N) is 1. The van der Waals surface area contributed by atoms with Gasteiger partial charge in [0.05, 0.1) is 7.11 Å². The van der Waals surface area contributed by atoms with E-state index < -0.39 is 35.5 Å². The van der Waals surface area contributed by atoms with Crippen LogP contribution >= 0.6 is 0 Å². The van der Waals surface area contributed by atoms with Crippen LogP contribution < -0.4 is 10.6 Å². The van der Waals surface area contributed by atoms with Crippen LogP contribution in [0, 0.1) is 0 Å². The first kappa shape index (κ1) is 28.9. The highest BCUT2D eigenvalue weighted by Gasteiger charge is 2.31. The predicted molar refractivity (Wildman–Crippen MR) is 129 cm³/mol. The van der Waals surface area contributed by atoms with Crippen molar-refractivity contribution < 1.29 is 28.7 Å². The Hall–Kier alpha value is -3.10. The zero-order valence-electron chi connectivity index (χ0n) is 21.2. The molecule has 9 nitrogen and oxygen atoms in total. The average molecular weight is 478 g/mol. The summed E-state index contributed by atoms with van der Waals surface area (Å²) in [7, 11) is 1.23. The average Bonchev–Trinajstić information content (AvgIpc) is 2.79. The molecule has 1 aromatic rings. The van der Waals surface area contributed by atoms with Crippen molar-refractivity contribution in [3.05, 3.63) is 35.4 Å². The van der Waals surface area contributed by atoms with E-state index in [0.29, 0.717) is 18.5 Å². The number of esters is 1. The van der Waals surface area contributed by atoms with Gasteiger partial charge >= 0.3 is 12.1 Å². The Bertz CT molecular complexity index is 817. The molecule has 1 atom stereocenters. The lowest BCUT2D eigenvalue weighted by molar-refractivity contribution is -0.143. The Balaban J connectivity index is 3.20. The van der Waals surface area contributed by atoms with E-state index in [1.165, 1.54) is 12.0 Å². The summed E-state index contributed by atoms with van der Waals surface area (Å²) in [5, 5.41) is 5.04.